The first kappa shape index (κ1) is 11.1. The number of nitrogens with zero attached hydrogens (tertiary/aromatic N) is 1. The van der Waals surface area contributed by atoms with Crippen LogP contribution in [0.1, 0.15) is 0 Å². The summed E-state index contributed by atoms with van der Waals surface area (Å²) in [5.74, 6) is 0.422. The number of pyridine rings is 1. The zero-order chi connectivity index (χ0) is 12.1. The van der Waals surface area contributed by atoms with Gasteiger partial charge in [-0.2, -0.15) is 0 Å². The summed E-state index contributed by atoms with van der Waals surface area (Å²) in [4.78, 5) is 15.1. The van der Waals surface area contributed by atoms with Crippen LogP contribution in [0, 0.1) is 0 Å². The lowest BCUT2D eigenvalue weighted by molar-refractivity contribution is 0.203. The number of carbonyl (C=O) groups excluding carboxylic acids is 1. The molecule has 1 heterocycles. The minimum atomic E-state index is -0.503. The highest BCUT2D eigenvalue weighted by Gasteiger charge is 2.04. The van der Waals surface area contributed by atoms with Crippen molar-refractivity contribution in [3.63, 3.8) is 0 Å². The van der Waals surface area contributed by atoms with Gasteiger partial charge in [0.2, 0.25) is 0 Å². The third-order valence-electron chi connectivity index (χ3n) is 2.23. The summed E-state index contributed by atoms with van der Waals surface area (Å²) in [6.07, 6.45) is 2.73. The molecule has 0 atom stereocenters. The van der Waals surface area contributed by atoms with Gasteiger partial charge in [-0.3, -0.25) is 4.98 Å². The number of aromatic nitrogens is 1. The van der Waals surface area contributed by atoms with E-state index in [9.17, 15) is 4.79 Å². The average molecular weight is 228 g/mol. The Morgan fingerprint density at radius 2 is 1.94 bits per heavy atom. The van der Waals surface area contributed by atoms with Crippen LogP contribution in [0.2, 0.25) is 0 Å². The summed E-state index contributed by atoms with van der Waals surface area (Å²) in [5.41, 5.74) is 1.94. The maximum Gasteiger partial charge on any atom is 0.412 e. The van der Waals surface area contributed by atoms with Crippen LogP contribution in [0.4, 0.5) is 4.79 Å². The Hall–Kier alpha value is -2.36. The van der Waals surface area contributed by atoms with E-state index in [1.54, 1.807) is 12.3 Å². The molecule has 1 N–H and O–H groups in total. The van der Waals surface area contributed by atoms with Gasteiger partial charge in [-0.1, -0.05) is 30.3 Å². The van der Waals surface area contributed by atoms with E-state index in [1.165, 1.54) is 13.2 Å². The molecule has 1 amide bonds. The highest BCUT2D eigenvalue weighted by atomic mass is 16.6. The van der Waals surface area contributed by atoms with E-state index in [0.29, 0.717) is 5.75 Å². The van der Waals surface area contributed by atoms with E-state index in [1.807, 2.05) is 30.3 Å². The molecular weight excluding hydrogens is 216 g/mol. The minimum absolute atomic E-state index is 0.422. The zero-order valence-corrected chi connectivity index (χ0v) is 9.38. The van der Waals surface area contributed by atoms with Gasteiger partial charge in [0.15, 0.2) is 5.75 Å². The van der Waals surface area contributed by atoms with Crippen LogP contribution in [-0.2, 0) is 0 Å². The van der Waals surface area contributed by atoms with E-state index in [4.69, 9.17) is 4.74 Å². The Morgan fingerprint density at radius 3 is 2.65 bits per heavy atom. The Kier molecular flexibility index (Phi) is 3.35. The predicted octanol–water partition coefficient (Wildman–Crippen LogP) is 2.47. The molecule has 1 aromatic carbocycles. The van der Waals surface area contributed by atoms with Crippen molar-refractivity contribution in [2.45, 2.75) is 0 Å². The van der Waals surface area contributed by atoms with Crippen LogP contribution < -0.4 is 10.1 Å². The molecule has 0 saturated heterocycles. The smallest absolute Gasteiger partial charge is 0.409 e. The number of ether oxygens (including phenoxy) is 1. The van der Waals surface area contributed by atoms with Crippen LogP contribution in [0.5, 0.6) is 5.75 Å². The van der Waals surface area contributed by atoms with Gasteiger partial charge in [-0.05, 0) is 11.6 Å². The molecule has 4 heteroatoms. The molecule has 2 rings (SSSR count). The molecule has 4 nitrogen and oxygen atoms in total. The molecule has 0 fully saturated rings. The van der Waals surface area contributed by atoms with Crippen molar-refractivity contribution in [2.75, 3.05) is 7.05 Å². The van der Waals surface area contributed by atoms with E-state index in [0.717, 1.165) is 11.1 Å². The lowest BCUT2D eigenvalue weighted by atomic mass is 10.1. The van der Waals surface area contributed by atoms with Gasteiger partial charge in [0.1, 0.15) is 0 Å². The van der Waals surface area contributed by atoms with Gasteiger partial charge < -0.3 is 10.1 Å². The summed E-state index contributed by atoms with van der Waals surface area (Å²) in [5, 5.41) is 2.38. The second-order valence-corrected chi connectivity index (χ2v) is 3.41. The van der Waals surface area contributed by atoms with Gasteiger partial charge in [0.25, 0.3) is 0 Å². The number of amides is 1. The molecule has 2 aromatic rings. The number of benzene rings is 1. The van der Waals surface area contributed by atoms with Gasteiger partial charge in [0, 0.05) is 18.8 Å². The van der Waals surface area contributed by atoms with Crippen molar-refractivity contribution in [3.05, 3.63) is 48.8 Å². The molecule has 1 aromatic heterocycles. The molecule has 0 aliphatic carbocycles. The fourth-order valence-electron chi connectivity index (χ4n) is 1.42. The van der Waals surface area contributed by atoms with Crippen molar-refractivity contribution in [3.8, 4) is 16.9 Å². The third kappa shape index (κ3) is 2.81. The predicted molar refractivity (Wildman–Crippen MR) is 64.8 cm³/mol. The molecule has 0 aliphatic rings. The highest BCUT2D eigenvalue weighted by molar-refractivity contribution is 5.71. The zero-order valence-electron chi connectivity index (χ0n) is 9.38. The summed E-state index contributed by atoms with van der Waals surface area (Å²) in [6.45, 7) is 0. The molecule has 0 saturated carbocycles. The first-order valence-corrected chi connectivity index (χ1v) is 5.19. The van der Waals surface area contributed by atoms with Gasteiger partial charge in [0.05, 0.1) is 6.20 Å². The van der Waals surface area contributed by atoms with Crippen molar-refractivity contribution in [1.82, 2.24) is 10.3 Å². The SMILES string of the molecule is CNC(=O)Oc1cncc(-c2ccccc2)c1. The Labute approximate surface area is 99.3 Å². The molecule has 0 unspecified atom stereocenters. The summed E-state index contributed by atoms with van der Waals surface area (Å²) >= 11 is 0. The Balaban J connectivity index is 2.26. The average Bonchev–Trinajstić information content (AvgIpc) is 2.40. The number of hydrogen-bond donors (Lipinski definition) is 1. The number of rotatable bonds is 2. The summed E-state index contributed by atoms with van der Waals surface area (Å²) in [6, 6.07) is 11.6. The van der Waals surface area contributed by atoms with Crippen LogP contribution in [0.15, 0.2) is 48.8 Å². The van der Waals surface area contributed by atoms with E-state index < -0.39 is 6.09 Å². The molecule has 0 bridgehead atoms. The van der Waals surface area contributed by atoms with E-state index >= 15 is 0 Å². The fourth-order valence-corrected chi connectivity index (χ4v) is 1.42. The Morgan fingerprint density at radius 1 is 1.18 bits per heavy atom. The molecule has 0 spiro atoms. The van der Waals surface area contributed by atoms with Crippen molar-refractivity contribution in [2.24, 2.45) is 0 Å². The second kappa shape index (κ2) is 5.12. The van der Waals surface area contributed by atoms with Crippen LogP contribution in [0.25, 0.3) is 11.1 Å². The summed E-state index contributed by atoms with van der Waals surface area (Å²) in [7, 11) is 1.51. The first-order chi connectivity index (χ1) is 8.29. The largest absolute Gasteiger partial charge is 0.412 e. The van der Waals surface area contributed by atoms with Crippen molar-refractivity contribution >= 4 is 6.09 Å². The normalized spacial score (nSPS) is 9.71. The quantitative estimate of drug-likeness (QED) is 0.859. The van der Waals surface area contributed by atoms with Crippen LogP contribution in [-0.4, -0.2) is 18.1 Å². The van der Waals surface area contributed by atoms with Gasteiger partial charge in [-0.25, -0.2) is 4.79 Å². The van der Waals surface area contributed by atoms with Crippen LogP contribution in [0.3, 0.4) is 0 Å². The van der Waals surface area contributed by atoms with Gasteiger partial charge >= 0.3 is 6.09 Å². The maximum atomic E-state index is 11.1. The highest BCUT2D eigenvalue weighted by Crippen LogP contribution is 2.22. The molecular formula is C13H12N2O2. The number of hydrogen-bond acceptors (Lipinski definition) is 3. The van der Waals surface area contributed by atoms with E-state index in [2.05, 4.69) is 10.3 Å². The maximum absolute atomic E-state index is 11.1. The van der Waals surface area contributed by atoms with Crippen molar-refractivity contribution in [1.29, 1.82) is 0 Å². The Bertz CT molecular complexity index is 512. The second-order valence-electron chi connectivity index (χ2n) is 3.41. The number of nitrogens with one attached hydrogen (secondary N) is 1. The summed E-state index contributed by atoms with van der Waals surface area (Å²) < 4.78 is 5.01. The van der Waals surface area contributed by atoms with Crippen LogP contribution >= 0.6 is 0 Å². The monoisotopic (exact) mass is 228 g/mol. The van der Waals surface area contributed by atoms with Crippen molar-refractivity contribution < 1.29 is 9.53 Å². The van der Waals surface area contributed by atoms with Gasteiger partial charge in [-0.15, -0.1) is 0 Å². The topological polar surface area (TPSA) is 51.2 Å². The first-order valence-electron chi connectivity index (χ1n) is 5.19. The van der Waals surface area contributed by atoms with E-state index in [-0.39, 0.29) is 0 Å². The molecule has 86 valence electrons. The third-order valence-corrected chi connectivity index (χ3v) is 2.23. The molecule has 0 aliphatic heterocycles. The lowest BCUT2D eigenvalue weighted by Gasteiger charge is -2.05. The number of carbonyl (C=O) groups is 1. The standard InChI is InChI=1S/C13H12N2O2/c1-14-13(16)17-12-7-11(8-15-9-12)10-5-3-2-4-6-10/h2-9H,1H3,(H,14,16). The molecule has 17 heavy (non-hydrogen) atoms. The fraction of sp³-hybridized carbons (Fsp3) is 0.0769. The lowest BCUT2D eigenvalue weighted by Crippen LogP contribution is -2.22. The minimum Gasteiger partial charge on any atom is -0.409 e. The molecule has 0 radical (unpaired) electrons.